The summed E-state index contributed by atoms with van der Waals surface area (Å²) in [5.41, 5.74) is 1.06. The number of nitrogens with one attached hydrogen (secondary N) is 1. The summed E-state index contributed by atoms with van der Waals surface area (Å²) in [5.74, 6) is -0.344. The first-order valence-corrected chi connectivity index (χ1v) is 7.13. The van der Waals surface area contributed by atoms with Gasteiger partial charge in [-0.25, -0.2) is 4.79 Å². The molecule has 0 atom stereocenters. The molecule has 1 aliphatic rings. The molecular formula is C14H18BrNO3. The first kappa shape index (κ1) is 14.5. The Labute approximate surface area is 121 Å². The van der Waals surface area contributed by atoms with Crippen LogP contribution in [0.5, 0.6) is 0 Å². The predicted octanol–water partition coefficient (Wildman–Crippen LogP) is 2.24. The minimum absolute atomic E-state index is 0.344. The van der Waals surface area contributed by atoms with Crippen molar-refractivity contribution in [2.75, 3.05) is 13.7 Å². The van der Waals surface area contributed by atoms with E-state index in [1.165, 1.54) is 7.11 Å². The molecule has 2 rings (SSSR count). The van der Waals surface area contributed by atoms with Crippen LogP contribution in [0.1, 0.15) is 35.2 Å². The van der Waals surface area contributed by atoms with E-state index in [2.05, 4.69) is 26.0 Å². The van der Waals surface area contributed by atoms with Gasteiger partial charge in [0.25, 0.3) is 0 Å². The standard InChI is InChI=1S/C14H18BrNO3/c1-19-13(17)10-3-4-11(12(15)7-10)8-16-9-14(18)5-2-6-14/h3-4,7,16,18H,2,5-6,8-9H2,1H3. The minimum atomic E-state index is -0.515. The Bertz CT molecular complexity index is 472. The van der Waals surface area contributed by atoms with Gasteiger partial charge in [0.05, 0.1) is 18.3 Å². The third-order valence-electron chi connectivity index (χ3n) is 3.53. The maximum absolute atomic E-state index is 11.4. The molecule has 1 saturated carbocycles. The number of carbonyl (C=O) groups excluding carboxylic acids is 1. The number of aliphatic hydroxyl groups is 1. The van der Waals surface area contributed by atoms with Gasteiger partial charge in [-0.05, 0) is 37.0 Å². The SMILES string of the molecule is COC(=O)c1ccc(CNCC2(O)CCC2)c(Br)c1. The van der Waals surface area contributed by atoms with Gasteiger partial charge in [0.1, 0.15) is 0 Å². The normalized spacial score (nSPS) is 16.8. The van der Waals surface area contributed by atoms with Crippen molar-refractivity contribution >= 4 is 21.9 Å². The summed E-state index contributed by atoms with van der Waals surface area (Å²) in [6.07, 6.45) is 2.86. The molecule has 0 saturated heterocycles. The van der Waals surface area contributed by atoms with E-state index in [-0.39, 0.29) is 5.97 Å². The first-order valence-electron chi connectivity index (χ1n) is 6.34. The second-order valence-corrected chi connectivity index (χ2v) is 5.83. The number of benzene rings is 1. The average molecular weight is 328 g/mol. The molecular weight excluding hydrogens is 310 g/mol. The molecule has 0 aromatic heterocycles. The molecule has 0 bridgehead atoms. The Kier molecular flexibility index (Phi) is 4.60. The van der Waals surface area contributed by atoms with Crippen molar-refractivity contribution in [2.45, 2.75) is 31.4 Å². The zero-order chi connectivity index (χ0) is 13.9. The van der Waals surface area contributed by atoms with Crippen molar-refractivity contribution in [3.05, 3.63) is 33.8 Å². The second-order valence-electron chi connectivity index (χ2n) is 4.98. The van der Waals surface area contributed by atoms with E-state index < -0.39 is 5.60 Å². The van der Waals surface area contributed by atoms with E-state index >= 15 is 0 Å². The summed E-state index contributed by atoms with van der Waals surface area (Å²) in [7, 11) is 1.37. The number of methoxy groups -OCH3 is 1. The Morgan fingerprint density at radius 2 is 2.26 bits per heavy atom. The van der Waals surface area contributed by atoms with Crippen LogP contribution in [0.15, 0.2) is 22.7 Å². The summed E-state index contributed by atoms with van der Waals surface area (Å²) in [4.78, 5) is 11.4. The fourth-order valence-corrected chi connectivity index (χ4v) is 2.65. The molecule has 0 heterocycles. The summed E-state index contributed by atoms with van der Waals surface area (Å²) in [5, 5.41) is 13.2. The van der Waals surface area contributed by atoms with E-state index in [4.69, 9.17) is 0 Å². The van der Waals surface area contributed by atoms with Crippen molar-refractivity contribution in [3.63, 3.8) is 0 Å². The lowest BCUT2D eigenvalue weighted by molar-refractivity contribution is -0.0314. The van der Waals surface area contributed by atoms with Gasteiger partial charge in [-0.15, -0.1) is 0 Å². The maximum atomic E-state index is 11.4. The van der Waals surface area contributed by atoms with Gasteiger partial charge >= 0.3 is 5.97 Å². The number of halogens is 1. The van der Waals surface area contributed by atoms with E-state index in [0.717, 1.165) is 29.3 Å². The molecule has 0 aliphatic heterocycles. The predicted molar refractivity (Wildman–Crippen MR) is 76.0 cm³/mol. The van der Waals surface area contributed by atoms with Gasteiger partial charge in [0, 0.05) is 17.6 Å². The summed E-state index contributed by atoms with van der Waals surface area (Å²) in [6.45, 7) is 1.27. The molecule has 1 fully saturated rings. The summed E-state index contributed by atoms with van der Waals surface area (Å²) < 4.78 is 5.54. The van der Waals surface area contributed by atoms with Crippen LogP contribution in [0.3, 0.4) is 0 Å². The molecule has 1 aromatic rings. The molecule has 0 spiro atoms. The lowest BCUT2D eigenvalue weighted by Gasteiger charge is -2.36. The summed E-state index contributed by atoms with van der Waals surface area (Å²) in [6, 6.07) is 5.38. The summed E-state index contributed by atoms with van der Waals surface area (Å²) >= 11 is 3.45. The highest BCUT2D eigenvalue weighted by molar-refractivity contribution is 9.10. The van der Waals surface area contributed by atoms with E-state index in [9.17, 15) is 9.90 Å². The Hall–Kier alpha value is -0.910. The van der Waals surface area contributed by atoms with Crippen molar-refractivity contribution in [1.82, 2.24) is 5.32 Å². The third kappa shape index (κ3) is 3.55. The molecule has 0 unspecified atom stereocenters. The van der Waals surface area contributed by atoms with Crippen LogP contribution in [0.2, 0.25) is 0 Å². The molecule has 2 N–H and O–H groups in total. The third-order valence-corrected chi connectivity index (χ3v) is 4.27. The quantitative estimate of drug-likeness (QED) is 0.814. The first-order chi connectivity index (χ1) is 9.04. The van der Waals surface area contributed by atoms with Gasteiger partial charge in [-0.1, -0.05) is 22.0 Å². The van der Waals surface area contributed by atoms with Crippen LogP contribution in [0.25, 0.3) is 0 Å². The molecule has 1 aliphatic carbocycles. The Balaban J connectivity index is 1.91. The van der Waals surface area contributed by atoms with Crippen LogP contribution in [-0.4, -0.2) is 30.3 Å². The Morgan fingerprint density at radius 1 is 1.53 bits per heavy atom. The molecule has 1 aromatic carbocycles. The molecule has 4 nitrogen and oxygen atoms in total. The zero-order valence-electron chi connectivity index (χ0n) is 10.9. The van der Waals surface area contributed by atoms with Crippen LogP contribution in [-0.2, 0) is 11.3 Å². The van der Waals surface area contributed by atoms with Crippen molar-refractivity contribution < 1.29 is 14.6 Å². The average Bonchev–Trinajstić information content (AvgIpc) is 2.37. The van der Waals surface area contributed by atoms with Crippen molar-refractivity contribution in [2.24, 2.45) is 0 Å². The highest BCUT2D eigenvalue weighted by Gasteiger charge is 2.33. The second kappa shape index (κ2) is 6.03. The van der Waals surface area contributed by atoms with Crippen LogP contribution in [0.4, 0.5) is 0 Å². The topological polar surface area (TPSA) is 58.6 Å². The molecule has 0 amide bonds. The zero-order valence-corrected chi connectivity index (χ0v) is 12.5. The smallest absolute Gasteiger partial charge is 0.337 e. The largest absolute Gasteiger partial charge is 0.465 e. The molecule has 0 radical (unpaired) electrons. The monoisotopic (exact) mass is 327 g/mol. The van der Waals surface area contributed by atoms with Gasteiger partial charge in [-0.3, -0.25) is 0 Å². The van der Waals surface area contributed by atoms with E-state index in [1.807, 2.05) is 6.07 Å². The lowest BCUT2D eigenvalue weighted by Crippen LogP contribution is -2.46. The lowest BCUT2D eigenvalue weighted by atomic mass is 9.80. The van der Waals surface area contributed by atoms with Gasteiger partial charge in [0.2, 0.25) is 0 Å². The number of hydrogen-bond donors (Lipinski definition) is 2. The number of hydrogen-bond acceptors (Lipinski definition) is 4. The van der Waals surface area contributed by atoms with E-state index in [1.54, 1.807) is 12.1 Å². The number of esters is 1. The molecule has 19 heavy (non-hydrogen) atoms. The molecule has 104 valence electrons. The maximum Gasteiger partial charge on any atom is 0.337 e. The van der Waals surface area contributed by atoms with E-state index in [0.29, 0.717) is 18.7 Å². The fraction of sp³-hybridized carbons (Fsp3) is 0.500. The van der Waals surface area contributed by atoms with Crippen LogP contribution in [0, 0.1) is 0 Å². The number of rotatable bonds is 5. The highest BCUT2D eigenvalue weighted by Crippen LogP contribution is 2.30. The van der Waals surface area contributed by atoms with Crippen molar-refractivity contribution in [1.29, 1.82) is 0 Å². The van der Waals surface area contributed by atoms with Gasteiger partial charge in [-0.2, -0.15) is 0 Å². The van der Waals surface area contributed by atoms with Crippen molar-refractivity contribution in [3.8, 4) is 0 Å². The van der Waals surface area contributed by atoms with Crippen LogP contribution >= 0.6 is 15.9 Å². The number of ether oxygens (including phenoxy) is 1. The fourth-order valence-electron chi connectivity index (χ4n) is 2.13. The Morgan fingerprint density at radius 3 is 2.79 bits per heavy atom. The minimum Gasteiger partial charge on any atom is -0.465 e. The van der Waals surface area contributed by atoms with Gasteiger partial charge < -0.3 is 15.2 Å². The highest BCUT2D eigenvalue weighted by atomic mass is 79.9. The van der Waals surface area contributed by atoms with Gasteiger partial charge in [0.15, 0.2) is 0 Å². The molecule has 5 heteroatoms. The van der Waals surface area contributed by atoms with Crippen LogP contribution < -0.4 is 5.32 Å². The number of carbonyl (C=O) groups is 1.